The lowest BCUT2D eigenvalue weighted by Gasteiger charge is -2.33. The molecular formula is C16H23N5O2. The molecule has 0 aliphatic carbocycles. The predicted octanol–water partition coefficient (Wildman–Crippen LogP) is 1.71. The third-order valence-electron chi connectivity index (χ3n) is 4.21. The topological polar surface area (TPSA) is 65.3 Å². The van der Waals surface area contributed by atoms with Crippen molar-refractivity contribution in [2.75, 3.05) is 38.8 Å². The highest BCUT2D eigenvalue weighted by Crippen LogP contribution is 2.31. The Hall–Kier alpha value is -2.15. The highest BCUT2D eigenvalue weighted by molar-refractivity contribution is 5.48. The first-order chi connectivity index (χ1) is 11.3. The van der Waals surface area contributed by atoms with Gasteiger partial charge in [0.2, 0.25) is 0 Å². The van der Waals surface area contributed by atoms with Crippen molar-refractivity contribution in [3.63, 3.8) is 0 Å². The molecule has 7 nitrogen and oxygen atoms in total. The van der Waals surface area contributed by atoms with Crippen molar-refractivity contribution in [2.45, 2.75) is 25.3 Å². The molecule has 0 N–H and O–H groups in total. The lowest BCUT2D eigenvalue weighted by atomic mass is 9.97. The Morgan fingerprint density at radius 3 is 2.87 bits per heavy atom. The minimum Gasteiger partial charge on any atom is -0.478 e. The highest BCUT2D eigenvalue weighted by Gasteiger charge is 2.27. The summed E-state index contributed by atoms with van der Waals surface area (Å²) in [6.07, 6.45) is 9.48. The van der Waals surface area contributed by atoms with Gasteiger partial charge >= 0.3 is 0 Å². The number of hydrogen-bond donors (Lipinski definition) is 0. The van der Waals surface area contributed by atoms with Crippen molar-refractivity contribution in [3.8, 4) is 5.88 Å². The van der Waals surface area contributed by atoms with E-state index in [1.54, 1.807) is 26.6 Å². The van der Waals surface area contributed by atoms with E-state index < -0.39 is 0 Å². The smallest absolute Gasteiger partial charge is 0.257 e. The summed E-state index contributed by atoms with van der Waals surface area (Å²) in [6.45, 7) is 3.36. The van der Waals surface area contributed by atoms with Crippen LogP contribution < -0.4 is 9.64 Å². The second-order valence-corrected chi connectivity index (χ2v) is 5.65. The molecule has 0 unspecified atom stereocenters. The third-order valence-corrected chi connectivity index (χ3v) is 4.21. The monoisotopic (exact) mass is 317 g/mol. The van der Waals surface area contributed by atoms with E-state index in [9.17, 15) is 0 Å². The van der Waals surface area contributed by atoms with Gasteiger partial charge in [0.05, 0.1) is 13.7 Å². The van der Waals surface area contributed by atoms with Gasteiger partial charge in [-0.25, -0.2) is 15.0 Å². The molecule has 0 bridgehead atoms. The van der Waals surface area contributed by atoms with Gasteiger partial charge < -0.3 is 18.9 Å². The maximum atomic E-state index is 5.35. The van der Waals surface area contributed by atoms with E-state index in [1.165, 1.54) is 0 Å². The fraction of sp³-hybridized carbons (Fsp3) is 0.562. The Morgan fingerprint density at radius 2 is 2.04 bits per heavy atom. The Labute approximate surface area is 136 Å². The number of rotatable bonds is 6. The Morgan fingerprint density at radius 1 is 1.17 bits per heavy atom. The minimum absolute atomic E-state index is 0.377. The van der Waals surface area contributed by atoms with Crippen LogP contribution in [-0.2, 0) is 11.3 Å². The number of aromatic nitrogens is 4. The summed E-state index contributed by atoms with van der Waals surface area (Å²) in [6, 6.07) is 0. The lowest BCUT2D eigenvalue weighted by Crippen LogP contribution is -2.36. The quantitative estimate of drug-likeness (QED) is 0.808. The van der Waals surface area contributed by atoms with Gasteiger partial charge in [-0.05, 0) is 12.8 Å². The highest BCUT2D eigenvalue weighted by atomic mass is 16.5. The van der Waals surface area contributed by atoms with Crippen molar-refractivity contribution in [1.29, 1.82) is 0 Å². The van der Waals surface area contributed by atoms with Gasteiger partial charge in [-0.1, -0.05) is 0 Å². The first-order valence-corrected chi connectivity index (χ1v) is 7.93. The largest absolute Gasteiger partial charge is 0.478 e. The molecule has 0 aromatic carbocycles. The SMILES string of the molecule is COCCn1ccnc1[C@@H]1CCCN(c2nccnc2OC)C1. The summed E-state index contributed by atoms with van der Waals surface area (Å²) in [5.74, 6) is 2.89. The number of imidazole rings is 1. The van der Waals surface area contributed by atoms with Gasteiger partial charge in [0, 0.05) is 57.4 Å². The molecule has 2 aromatic rings. The minimum atomic E-state index is 0.377. The molecule has 1 aliphatic heterocycles. The Kier molecular flexibility index (Phi) is 5.07. The summed E-state index contributed by atoms with van der Waals surface area (Å²) in [5.41, 5.74) is 0. The molecule has 23 heavy (non-hydrogen) atoms. The summed E-state index contributed by atoms with van der Waals surface area (Å²) in [5, 5.41) is 0. The van der Waals surface area contributed by atoms with Crippen LogP contribution in [0.15, 0.2) is 24.8 Å². The van der Waals surface area contributed by atoms with Crippen LogP contribution in [0, 0.1) is 0 Å². The lowest BCUT2D eigenvalue weighted by molar-refractivity contribution is 0.185. The van der Waals surface area contributed by atoms with Gasteiger partial charge in [0.15, 0.2) is 5.82 Å². The molecule has 1 fully saturated rings. The normalized spacial score (nSPS) is 18.2. The zero-order valence-electron chi connectivity index (χ0n) is 13.7. The molecule has 0 spiro atoms. The molecule has 0 saturated carbocycles. The predicted molar refractivity (Wildman–Crippen MR) is 86.9 cm³/mol. The van der Waals surface area contributed by atoms with E-state index in [-0.39, 0.29) is 0 Å². The summed E-state index contributed by atoms with van der Waals surface area (Å²) in [7, 11) is 3.35. The van der Waals surface area contributed by atoms with Crippen molar-refractivity contribution < 1.29 is 9.47 Å². The molecule has 2 aromatic heterocycles. The molecule has 3 rings (SSSR count). The number of piperidine rings is 1. The summed E-state index contributed by atoms with van der Waals surface area (Å²) >= 11 is 0. The Bertz CT molecular complexity index is 630. The fourth-order valence-corrected chi connectivity index (χ4v) is 3.12. The summed E-state index contributed by atoms with van der Waals surface area (Å²) < 4.78 is 12.7. The van der Waals surface area contributed by atoms with E-state index in [1.807, 2.05) is 12.4 Å². The van der Waals surface area contributed by atoms with Crippen LogP contribution in [0.1, 0.15) is 24.6 Å². The van der Waals surface area contributed by atoms with Crippen LogP contribution in [-0.4, -0.2) is 53.4 Å². The van der Waals surface area contributed by atoms with Gasteiger partial charge in [0.25, 0.3) is 5.88 Å². The van der Waals surface area contributed by atoms with Gasteiger partial charge in [-0.2, -0.15) is 0 Å². The van der Waals surface area contributed by atoms with E-state index >= 15 is 0 Å². The van der Waals surface area contributed by atoms with Gasteiger partial charge in [0.1, 0.15) is 5.82 Å². The molecule has 1 aliphatic rings. The Balaban J connectivity index is 1.77. The van der Waals surface area contributed by atoms with Gasteiger partial charge in [-0.3, -0.25) is 0 Å². The van der Waals surface area contributed by atoms with E-state index in [4.69, 9.17) is 9.47 Å². The fourth-order valence-electron chi connectivity index (χ4n) is 3.12. The maximum absolute atomic E-state index is 5.35. The summed E-state index contributed by atoms with van der Waals surface area (Å²) in [4.78, 5) is 15.5. The van der Waals surface area contributed by atoms with Crippen LogP contribution in [0.2, 0.25) is 0 Å². The van der Waals surface area contributed by atoms with Crippen molar-refractivity contribution in [1.82, 2.24) is 19.5 Å². The number of methoxy groups -OCH3 is 2. The van der Waals surface area contributed by atoms with Crippen LogP contribution in [0.4, 0.5) is 5.82 Å². The molecule has 1 saturated heterocycles. The number of hydrogen-bond acceptors (Lipinski definition) is 6. The zero-order chi connectivity index (χ0) is 16.1. The van der Waals surface area contributed by atoms with Crippen molar-refractivity contribution >= 4 is 5.82 Å². The van der Waals surface area contributed by atoms with E-state index in [2.05, 4.69) is 24.4 Å². The molecule has 7 heteroatoms. The van der Waals surface area contributed by atoms with Crippen molar-refractivity contribution in [3.05, 3.63) is 30.6 Å². The number of anilines is 1. The van der Waals surface area contributed by atoms with Crippen molar-refractivity contribution in [2.24, 2.45) is 0 Å². The molecule has 0 amide bonds. The van der Waals surface area contributed by atoms with Crippen LogP contribution in [0.3, 0.4) is 0 Å². The van der Waals surface area contributed by atoms with Crippen LogP contribution in [0.25, 0.3) is 0 Å². The second kappa shape index (κ2) is 7.41. The first kappa shape index (κ1) is 15.7. The molecule has 1 atom stereocenters. The first-order valence-electron chi connectivity index (χ1n) is 7.93. The molecule has 3 heterocycles. The molecular weight excluding hydrogens is 294 g/mol. The van der Waals surface area contributed by atoms with E-state index in [0.717, 1.165) is 44.1 Å². The third kappa shape index (κ3) is 3.44. The van der Waals surface area contributed by atoms with Gasteiger partial charge in [-0.15, -0.1) is 0 Å². The average Bonchev–Trinajstić information content (AvgIpc) is 3.08. The second-order valence-electron chi connectivity index (χ2n) is 5.65. The molecule has 124 valence electrons. The molecule has 0 radical (unpaired) electrons. The van der Waals surface area contributed by atoms with E-state index in [0.29, 0.717) is 18.4 Å². The zero-order valence-corrected chi connectivity index (χ0v) is 13.7. The number of nitrogens with zero attached hydrogens (tertiary/aromatic N) is 5. The standard InChI is InChI=1S/C16H23N5O2/c1-22-11-10-20-9-7-18-14(20)13-4-3-8-21(12-13)15-16(23-2)19-6-5-17-15/h5-7,9,13H,3-4,8,10-12H2,1-2H3/t13-/m1/s1. The van der Waals surface area contributed by atoms with Crippen LogP contribution in [0.5, 0.6) is 5.88 Å². The maximum Gasteiger partial charge on any atom is 0.257 e. The van der Waals surface area contributed by atoms with Crippen LogP contribution >= 0.6 is 0 Å². The average molecular weight is 317 g/mol. The number of ether oxygens (including phenoxy) is 2.